The van der Waals surface area contributed by atoms with E-state index in [-0.39, 0.29) is 17.1 Å². The molecule has 0 atom stereocenters. The Kier molecular flexibility index (Phi) is 4.93. The SMILES string of the molecule is COC(=O)c1cccc2nc3cc(C(=O)c4ccccc4OC(C)=O)ccc3nc12. The number of fused-ring (bicyclic) bond motifs is 2. The number of carbonyl (C=O) groups excluding carboxylic acids is 3. The lowest BCUT2D eigenvalue weighted by atomic mass is 10.0. The number of rotatable bonds is 4. The van der Waals surface area contributed by atoms with Crippen molar-refractivity contribution in [2.45, 2.75) is 6.92 Å². The van der Waals surface area contributed by atoms with Gasteiger partial charge in [-0.1, -0.05) is 18.2 Å². The van der Waals surface area contributed by atoms with Crippen molar-refractivity contribution in [2.75, 3.05) is 7.11 Å². The number of methoxy groups -OCH3 is 1. The van der Waals surface area contributed by atoms with Crippen molar-refractivity contribution in [1.82, 2.24) is 9.97 Å². The van der Waals surface area contributed by atoms with Gasteiger partial charge < -0.3 is 9.47 Å². The van der Waals surface area contributed by atoms with Crippen molar-refractivity contribution < 1.29 is 23.9 Å². The highest BCUT2D eigenvalue weighted by Crippen LogP contribution is 2.25. The van der Waals surface area contributed by atoms with Crippen LogP contribution in [0.15, 0.2) is 60.7 Å². The van der Waals surface area contributed by atoms with Crippen molar-refractivity contribution in [1.29, 1.82) is 0 Å². The monoisotopic (exact) mass is 400 g/mol. The first-order chi connectivity index (χ1) is 14.5. The minimum atomic E-state index is -0.507. The molecule has 0 unspecified atom stereocenters. The number of benzene rings is 3. The van der Waals surface area contributed by atoms with Crippen LogP contribution in [0.25, 0.3) is 22.1 Å². The Balaban J connectivity index is 1.81. The van der Waals surface area contributed by atoms with E-state index in [1.807, 2.05) is 0 Å². The number of esters is 2. The zero-order valence-electron chi connectivity index (χ0n) is 16.2. The predicted octanol–water partition coefficient (Wildman–Crippen LogP) is 3.73. The second kappa shape index (κ2) is 7.71. The summed E-state index contributed by atoms with van der Waals surface area (Å²) in [7, 11) is 1.31. The lowest BCUT2D eigenvalue weighted by Crippen LogP contribution is -2.09. The molecule has 4 rings (SSSR count). The molecule has 0 N–H and O–H groups in total. The van der Waals surface area contributed by atoms with E-state index in [4.69, 9.17) is 9.47 Å². The molecule has 0 saturated heterocycles. The molecule has 0 aliphatic rings. The first-order valence-corrected chi connectivity index (χ1v) is 9.09. The van der Waals surface area contributed by atoms with Gasteiger partial charge in [-0.3, -0.25) is 9.59 Å². The minimum Gasteiger partial charge on any atom is -0.465 e. The number of aromatic nitrogens is 2. The molecule has 7 nitrogen and oxygen atoms in total. The molecule has 0 amide bonds. The molecule has 0 aliphatic heterocycles. The van der Waals surface area contributed by atoms with Gasteiger partial charge in [0.15, 0.2) is 5.78 Å². The maximum Gasteiger partial charge on any atom is 0.340 e. The van der Waals surface area contributed by atoms with Crippen molar-refractivity contribution >= 4 is 39.8 Å². The van der Waals surface area contributed by atoms with Crippen LogP contribution in [-0.2, 0) is 9.53 Å². The molecule has 0 saturated carbocycles. The molecular weight excluding hydrogens is 384 g/mol. The summed E-state index contributed by atoms with van der Waals surface area (Å²) in [6, 6.07) is 16.5. The van der Waals surface area contributed by atoms with Crippen LogP contribution in [0.3, 0.4) is 0 Å². The Morgan fingerprint density at radius 3 is 2.33 bits per heavy atom. The molecule has 0 aliphatic carbocycles. The van der Waals surface area contributed by atoms with Crippen LogP contribution < -0.4 is 4.74 Å². The van der Waals surface area contributed by atoms with Gasteiger partial charge in [-0.2, -0.15) is 0 Å². The van der Waals surface area contributed by atoms with Crippen LogP contribution >= 0.6 is 0 Å². The Morgan fingerprint density at radius 1 is 0.800 bits per heavy atom. The Morgan fingerprint density at radius 2 is 1.57 bits per heavy atom. The normalized spacial score (nSPS) is 10.7. The highest BCUT2D eigenvalue weighted by atomic mass is 16.5. The molecular formula is C23H16N2O5. The number of nitrogens with zero attached hydrogens (tertiary/aromatic N) is 2. The minimum absolute atomic E-state index is 0.197. The number of ether oxygens (including phenoxy) is 2. The Bertz CT molecular complexity index is 1330. The summed E-state index contributed by atoms with van der Waals surface area (Å²) in [6.45, 7) is 1.28. The number of hydrogen-bond donors (Lipinski definition) is 0. The lowest BCUT2D eigenvalue weighted by Gasteiger charge is -2.09. The van der Waals surface area contributed by atoms with Gasteiger partial charge in [0.1, 0.15) is 11.3 Å². The fourth-order valence-corrected chi connectivity index (χ4v) is 3.17. The van der Waals surface area contributed by atoms with Crippen molar-refractivity contribution in [3.63, 3.8) is 0 Å². The van der Waals surface area contributed by atoms with E-state index in [9.17, 15) is 14.4 Å². The summed E-state index contributed by atoms with van der Waals surface area (Å²) < 4.78 is 9.96. The zero-order valence-corrected chi connectivity index (χ0v) is 16.2. The second-order valence-corrected chi connectivity index (χ2v) is 6.51. The molecule has 7 heteroatoms. The number of carbonyl (C=O) groups is 3. The Labute approximate surface area is 171 Å². The van der Waals surface area contributed by atoms with E-state index in [2.05, 4.69) is 9.97 Å². The molecule has 0 spiro atoms. The van der Waals surface area contributed by atoms with Gasteiger partial charge in [0.2, 0.25) is 0 Å². The van der Waals surface area contributed by atoms with E-state index in [0.717, 1.165) is 0 Å². The predicted molar refractivity (Wildman–Crippen MR) is 110 cm³/mol. The molecule has 4 aromatic rings. The number of ketones is 1. The summed E-state index contributed by atoms with van der Waals surface area (Å²) in [4.78, 5) is 45.5. The summed E-state index contributed by atoms with van der Waals surface area (Å²) in [6.07, 6.45) is 0. The summed E-state index contributed by atoms with van der Waals surface area (Å²) in [5, 5.41) is 0. The van der Waals surface area contributed by atoms with Gasteiger partial charge in [-0.15, -0.1) is 0 Å². The number of para-hydroxylation sites is 2. The van der Waals surface area contributed by atoms with Crippen molar-refractivity contribution in [3.8, 4) is 5.75 Å². The quantitative estimate of drug-likeness (QED) is 0.223. The van der Waals surface area contributed by atoms with Gasteiger partial charge in [-0.25, -0.2) is 14.8 Å². The third kappa shape index (κ3) is 3.48. The first-order valence-electron chi connectivity index (χ1n) is 9.09. The summed E-state index contributed by atoms with van der Waals surface area (Å²) >= 11 is 0. The Hall–Kier alpha value is -4.13. The fraction of sp³-hybridized carbons (Fsp3) is 0.0870. The van der Waals surface area contributed by atoms with E-state index in [1.54, 1.807) is 60.7 Å². The summed E-state index contributed by atoms with van der Waals surface area (Å²) in [5.41, 5.74) is 2.93. The van der Waals surface area contributed by atoms with Gasteiger partial charge >= 0.3 is 11.9 Å². The van der Waals surface area contributed by atoms with E-state index >= 15 is 0 Å². The van der Waals surface area contributed by atoms with Crippen LogP contribution in [0.1, 0.15) is 33.2 Å². The smallest absolute Gasteiger partial charge is 0.340 e. The maximum absolute atomic E-state index is 13.0. The maximum atomic E-state index is 13.0. The lowest BCUT2D eigenvalue weighted by molar-refractivity contribution is -0.131. The third-order valence-electron chi connectivity index (χ3n) is 4.52. The average Bonchev–Trinajstić information content (AvgIpc) is 2.75. The van der Waals surface area contributed by atoms with Crippen LogP contribution in [0, 0.1) is 0 Å². The molecule has 1 heterocycles. The average molecular weight is 400 g/mol. The molecule has 1 aromatic heterocycles. The van der Waals surface area contributed by atoms with Crippen molar-refractivity contribution in [3.05, 3.63) is 77.4 Å². The van der Waals surface area contributed by atoms with Crippen LogP contribution in [0.4, 0.5) is 0 Å². The zero-order chi connectivity index (χ0) is 21.3. The largest absolute Gasteiger partial charge is 0.465 e. The highest BCUT2D eigenvalue weighted by molar-refractivity contribution is 6.12. The number of hydrogen-bond acceptors (Lipinski definition) is 7. The fourth-order valence-electron chi connectivity index (χ4n) is 3.17. The molecule has 0 fully saturated rings. The van der Waals surface area contributed by atoms with Gasteiger partial charge in [-0.05, 0) is 42.5 Å². The van der Waals surface area contributed by atoms with Crippen LogP contribution in [-0.4, -0.2) is 34.8 Å². The van der Waals surface area contributed by atoms with E-state index in [0.29, 0.717) is 33.2 Å². The van der Waals surface area contributed by atoms with Gasteiger partial charge in [0, 0.05) is 12.5 Å². The molecule has 3 aromatic carbocycles. The van der Waals surface area contributed by atoms with Crippen molar-refractivity contribution in [2.24, 2.45) is 0 Å². The third-order valence-corrected chi connectivity index (χ3v) is 4.52. The van der Waals surface area contributed by atoms with Gasteiger partial charge in [0.05, 0.1) is 34.8 Å². The standard InChI is InChI=1S/C23H16N2O5/c1-13(26)30-20-9-4-3-6-15(20)22(27)14-10-11-17-19(12-14)24-18-8-5-7-16(21(18)25-17)23(28)29-2/h3-12H,1-2H3. The highest BCUT2D eigenvalue weighted by Gasteiger charge is 2.18. The second-order valence-electron chi connectivity index (χ2n) is 6.51. The van der Waals surface area contributed by atoms with Crippen LogP contribution in [0.5, 0.6) is 5.75 Å². The van der Waals surface area contributed by atoms with Gasteiger partial charge in [0.25, 0.3) is 0 Å². The van der Waals surface area contributed by atoms with Crippen LogP contribution in [0.2, 0.25) is 0 Å². The topological polar surface area (TPSA) is 95.5 Å². The summed E-state index contributed by atoms with van der Waals surface area (Å²) in [5.74, 6) is -1.11. The molecule has 0 radical (unpaired) electrons. The van der Waals surface area contributed by atoms with E-state index in [1.165, 1.54) is 14.0 Å². The van der Waals surface area contributed by atoms with E-state index < -0.39 is 11.9 Å². The molecule has 30 heavy (non-hydrogen) atoms. The molecule has 0 bridgehead atoms. The molecule has 148 valence electrons. The first kappa shape index (κ1) is 19.2.